The number of aromatic nitrogens is 4. The fourth-order valence-electron chi connectivity index (χ4n) is 1.38. The SMILES string of the molecule is CN(C)c1ccnc(CNC(=O)c2ncccn2)n1. The molecule has 0 aliphatic carbocycles. The Morgan fingerprint density at radius 3 is 2.63 bits per heavy atom. The highest BCUT2D eigenvalue weighted by molar-refractivity contribution is 5.90. The summed E-state index contributed by atoms with van der Waals surface area (Å²) in [5, 5.41) is 2.67. The van der Waals surface area contributed by atoms with Crippen molar-refractivity contribution in [3.05, 3.63) is 42.4 Å². The van der Waals surface area contributed by atoms with Crippen LogP contribution in [0.25, 0.3) is 0 Å². The van der Waals surface area contributed by atoms with Crippen molar-refractivity contribution < 1.29 is 4.79 Å². The standard InChI is InChI=1S/C12H14N6O/c1-18(2)10-4-7-13-9(17-10)8-16-12(19)11-14-5-3-6-15-11/h3-7H,8H2,1-2H3,(H,16,19). The zero-order chi connectivity index (χ0) is 13.7. The number of hydrogen-bond acceptors (Lipinski definition) is 6. The second-order valence-corrected chi connectivity index (χ2v) is 3.98. The van der Waals surface area contributed by atoms with Crippen molar-refractivity contribution in [3.8, 4) is 0 Å². The molecule has 0 fully saturated rings. The van der Waals surface area contributed by atoms with Crippen molar-refractivity contribution >= 4 is 11.7 Å². The fraction of sp³-hybridized carbons (Fsp3) is 0.250. The second-order valence-electron chi connectivity index (χ2n) is 3.98. The maximum atomic E-state index is 11.7. The largest absolute Gasteiger partial charge is 0.363 e. The number of amides is 1. The highest BCUT2D eigenvalue weighted by Crippen LogP contribution is 2.05. The normalized spacial score (nSPS) is 10.0. The Morgan fingerprint density at radius 2 is 1.95 bits per heavy atom. The monoisotopic (exact) mass is 258 g/mol. The lowest BCUT2D eigenvalue weighted by atomic mass is 10.4. The van der Waals surface area contributed by atoms with Crippen LogP contribution in [0.1, 0.15) is 16.4 Å². The average Bonchev–Trinajstić information content (AvgIpc) is 2.46. The first-order valence-corrected chi connectivity index (χ1v) is 5.71. The van der Waals surface area contributed by atoms with Crippen molar-refractivity contribution in [1.29, 1.82) is 0 Å². The van der Waals surface area contributed by atoms with Crippen molar-refractivity contribution in [2.45, 2.75) is 6.54 Å². The highest BCUT2D eigenvalue weighted by atomic mass is 16.2. The summed E-state index contributed by atoms with van der Waals surface area (Å²) < 4.78 is 0. The predicted molar refractivity (Wildman–Crippen MR) is 69.6 cm³/mol. The third-order valence-electron chi connectivity index (χ3n) is 2.32. The summed E-state index contributed by atoms with van der Waals surface area (Å²) >= 11 is 0. The quantitative estimate of drug-likeness (QED) is 0.847. The van der Waals surface area contributed by atoms with E-state index >= 15 is 0 Å². The molecule has 7 heteroatoms. The van der Waals surface area contributed by atoms with Crippen LogP contribution < -0.4 is 10.2 Å². The van der Waals surface area contributed by atoms with Crippen LogP contribution in [0.5, 0.6) is 0 Å². The van der Waals surface area contributed by atoms with E-state index in [0.29, 0.717) is 5.82 Å². The Labute approximate surface area is 110 Å². The second kappa shape index (κ2) is 5.85. The van der Waals surface area contributed by atoms with Crippen molar-refractivity contribution in [3.63, 3.8) is 0 Å². The van der Waals surface area contributed by atoms with E-state index < -0.39 is 0 Å². The van der Waals surface area contributed by atoms with Crippen LogP contribution in [0.3, 0.4) is 0 Å². The molecule has 2 aromatic heterocycles. The topological polar surface area (TPSA) is 83.9 Å². The lowest BCUT2D eigenvalue weighted by Crippen LogP contribution is -2.26. The molecule has 2 heterocycles. The van der Waals surface area contributed by atoms with E-state index in [4.69, 9.17) is 0 Å². The zero-order valence-corrected chi connectivity index (χ0v) is 10.7. The van der Waals surface area contributed by atoms with Gasteiger partial charge in [-0.15, -0.1) is 0 Å². The molecule has 98 valence electrons. The number of nitrogens with one attached hydrogen (secondary N) is 1. The van der Waals surface area contributed by atoms with E-state index in [-0.39, 0.29) is 18.3 Å². The third-order valence-corrected chi connectivity index (χ3v) is 2.32. The first kappa shape index (κ1) is 12.9. The average molecular weight is 258 g/mol. The first-order valence-electron chi connectivity index (χ1n) is 5.71. The molecular weight excluding hydrogens is 244 g/mol. The number of carbonyl (C=O) groups excluding carboxylic acids is 1. The zero-order valence-electron chi connectivity index (χ0n) is 10.7. The van der Waals surface area contributed by atoms with Gasteiger partial charge in [-0.3, -0.25) is 4.79 Å². The molecule has 1 amide bonds. The van der Waals surface area contributed by atoms with Crippen LogP contribution in [0.4, 0.5) is 5.82 Å². The molecule has 0 aliphatic heterocycles. The summed E-state index contributed by atoms with van der Waals surface area (Å²) in [6.07, 6.45) is 4.69. The van der Waals surface area contributed by atoms with Gasteiger partial charge in [0.25, 0.3) is 5.91 Å². The van der Waals surface area contributed by atoms with E-state index in [1.807, 2.05) is 19.0 Å². The van der Waals surface area contributed by atoms with Crippen LogP contribution in [0.2, 0.25) is 0 Å². The van der Waals surface area contributed by atoms with Gasteiger partial charge in [0.2, 0.25) is 5.82 Å². The van der Waals surface area contributed by atoms with E-state index in [1.54, 1.807) is 18.3 Å². The van der Waals surface area contributed by atoms with E-state index in [9.17, 15) is 4.79 Å². The van der Waals surface area contributed by atoms with Crippen LogP contribution in [-0.4, -0.2) is 39.9 Å². The van der Waals surface area contributed by atoms with Gasteiger partial charge in [0, 0.05) is 32.7 Å². The van der Waals surface area contributed by atoms with Gasteiger partial charge in [0.05, 0.1) is 6.54 Å². The number of anilines is 1. The van der Waals surface area contributed by atoms with Crippen molar-refractivity contribution in [1.82, 2.24) is 25.3 Å². The van der Waals surface area contributed by atoms with Gasteiger partial charge >= 0.3 is 0 Å². The third kappa shape index (κ3) is 3.44. The minimum Gasteiger partial charge on any atom is -0.363 e. The highest BCUT2D eigenvalue weighted by Gasteiger charge is 2.08. The van der Waals surface area contributed by atoms with Crippen LogP contribution in [0, 0.1) is 0 Å². The Kier molecular flexibility index (Phi) is 3.97. The maximum absolute atomic E-state index is 11.7. The summed E-state index contributed by atoms with van der Waals surface area (Å²) in [4.78, 5) is 29.7. The van der Waals surface area contributed by atoms with Crippen LogP contribution >= 0.6 is 0 Å². The number of hydrogen-bond donors (Lipinski definition) is 1. The van der Waals surface area contributed by atoms with E-state index in [0.717, 1.165) is 5.82 Å². The molecule has 0 aromatic carbocycles. The lowest BCUT2D eigenvalue weighted by Gasteiger charge is -2.11. The molecule has 19 heavy (non-hydrogen) atoms. The molecule has 0 saturated carbocycles. The van der Waals surface area contributed by atoms with Crippen LogP contribution in [-0.2, 0) is 6.54 Å². The fourth-order valence-corrected chi connectivity index (χ4v) is 1.38. The summed E-state index contributed by atoms with van der Waals surface area (Å²) in [6.45, 7) is 0.235. The van der Waals surface area contributed by atoms with Gasteiger partial charge in [-0.2, -0.15) is 0 Å². The van der Waals surface area contributed by atoms with Gasteiger partial charge in [0.15, 0.2) is 0 Å². The molecule has 2 aromatic rings. The molecule has 0 saturated heterocycles. The molecule has 0 radical (unpaired) electrons. The molecule has 0 atom stereocenters. The number of carbonyl (C=O) groups is 1. The molecule has 1 N–H and O–H groups in total. The van der Waals surface area contributed by atoms with Gasteiger partial charge in [-0.25, -0.2) is 19.9 Å². The summed E-state index contributed by atoms with van der Waals surface area (Å²) in [7, 11) is 3.78. The summed E-state index contributed by atoms with van der Waals surface area (Å²) in [5.74, 6) is 1.11. The first-order chi connectivity index (χ1) is 9.16. The molecule has 2 rings (SSSR count). The summed E-state index contributed by atoms with van der Waals surface area (Å²) in [5.41, 5.74) is 0. The minimum absolute atomic E-state index is 0.131. The molecular formula is C12H14N6O. The van der Waals surface area contributed by atoms with Crippen LogP contribution in [0.15, 0.2) is 30.7 Å². The summed E-state index contributed by atoms with van der Waals surface area (Å²) in [6, 6.07) is 3.45. The Bertz CT molecular complexity index is 557. The molecule has 0 aliphatic rings. The molecule has 0 unspecified atom stereocenters. The Hall–Kier alpha value is -2.57. The Balaban J connectivity index is 1.99. The van der Waals surface area contributed by atoms with E-state index in [2.05, 4.69) is 25.3 Å². The van der Waals surface area contributed by atoms with Gasteiger partial charge in [-0.1, -0.05) is 0 Å². The molecule has 0 spiro atoms. The predicted octanol–water partition coefficient (Wildman–Crippen LogP) is 0.263. The van der Waals surface area contributed by atoms with Gasteiger partial charge in [-0.05, 0) is 12.1 Å². The molecule has 7 nitrogen and oxygen atoms in total. The van der Waals surface area contributed by atoms with E-state index in [1.165, 1.54) is 12.4 Å². The van der Waals surface area contributed by atoms with Gasteiger partial charge < -0.3 is 10.2 Å². The van der Waals surface area contributed by atoms with Crippen molar-refractivity contribution in [2.75, 3.05) is 19.0 Å². The number of rotatable bonds is 4. The van der Waals surface area contributed by atoms with Crippen molar-refractivity contribution in [2.24, 2.45) is 0 Å². The lowest BCUT2D eigenvalue weighted by molar-refractivity contribution is 0.0939. The van der Waals surface area contributed by atoms with Gasteiger partial charge in [0.1, 0.15) is 11.6 Å². The molecule has 0 bridgehead atoms. The maximum Gasteiger partial charge on any atom is 0.289 e. The smallest absolute Gasteiger partial charge is 0.289 e. The number of nitrogens with zero attached hydrogens (tertiary/aromatic N) is 5. The Morgan fingerprint density at radius 1 is 1.21 bits per heavy atom. The minimum atomic E-state index is -0.348.